The fourth-order valence-electron chi connectivity index (χ4n) is 2.13. The summed E-state index contributed by atoms with van der Waals surface area (Å²) in [5, 5.41) is 8.40. The molecule has 5 nitrogen and oxygen atoms in total. The summed E-state index contributed by atoms with van der Waals surface area (Å²) < 4.78 is 10.7. The number of hydrogen-bond acceptors (Lipinski definition) is 6. The third kappa shape index (κ3) is 5.44. The maximum atomic E-state index is 12.2. The maximum absolute atomic E-state index is 12.2. The van der Waals surface area contributed by atoms with Crippen LogP contribution in [0.25, 0.3) is 0 Å². The van der Waals surface area contributed by atoms with Crippen LogP contribution >= 0.6 is 28.7 Å². The molecule has 2 aromatic carbocycles. The van der Waals surface area contributed by atoms with Crippen molar-refractivity contribution in [3.05, 3.63) is 71.6 Å². The van der Waals surface area contributed by atoms with Crippen LogP contribution in [0.4, 0.5) is 0 Å². The van der Waals surface area contributed by atoms with Gasteiger partial charge in [-0.25, -0.2) is 0 Å². The Morgan fingerprint density at radius 3 is 2.48 bits per heavy atom. The lowest BCUT2D eigenvalue weighted by atomic mass is 10.1. The van der Waals surface area contributed by atoms with Crippen LogP contribution in [-0.4, -0.2) is 28.8 Å². The van der Waals surface area contributed by atoms with E-state index in [9.17, 15) is 4.79 Å². The number of thioether (sulfide) groups is 1. The molecule has 0 amide bonds. The normalized spacial score (nSPS) is 10.1. The summed E-state index contributed by atoms with van der Waals surface area (Å²) in [4.78, 5) is 12.2. The third-order valence-electron chi connectivity index (χ3n) is 3.39. The molecule has 0 fully saturated rings. The smallest absolute Gasteiger partial charge is 0.277 e. The molecular formula is C18H17BrN2O3S. The second kappa shape index (κ2) is 9.39. The van der Waals surface area contributed by atoms with Crippen LogP contribution < -0.4 is 4.74 Å². The molecule has 0 saturated heterocycles. The Morgan fingerprint density at radius 2 is 1.80 bits per heavy atom. The molecule has 0 N–H and O–H groups in total. The standard InChI is InChI=1S/C18H16N2O3S.BrH/c1-22-15-9-7-14(8-10-15)16(21)12-24-18-20-19-17(23-18)11-13-5-3-2-4-6-13;/h2-10H,11-12H2,1H3;1H. The van der Waals surface area contributed by atoms with E-state index in [-0.39, 0.29) is 28.5 Å². The van der Waals surface area contributed by atoms with Crippen LogP contribution in [0.3, 0.4) is 0 Å². The molecule has 0 unspecified atom stereocenters. The summed E-state index contributed by atoms with van der Waals surface area (Å²) in [6.07, 6.45) is 0.584. The van der Waals surface area contributed by atoms with Gasteiger partial charge in [-0.2, -0.15) is 0 Å². The second-order valence-electron chi connectivity index (χ2n) is 5.06. The number of benzene rings is 2. The molecule has 7 heteroatoms. The Kier molecular flexibility index (Phi) is 7.21. The van der Waals surface area contributed by atoms with Crippen molar-refractivity contribution >= 4 is 34.5 Å². The number of ketones is 1. The molecule has 0 saturated carbocycles. The van der Waals surface area contributed by atoms with Crippen molar-refractivity contribution in [2.24, 2.45) is 0 Å². The van der Waals surface area contributed by atoms with Crippen molar-refractivity contribution in [2.75, 3.05) is 12.9 Å². The lowest BCUT2D eigenvalue weighted by molar-refractivity contribution is 0.102. The lowest BCUT2D eigenvalue weighted by Gasteiger charge is -2.01. The van der Waals surface area contributed by atoms with Crippen LogP contribution in [-0.2, 0) is 6.42 Å². The maximum Gasteiger partial charge on any atom is 0.277 e. The van der Waals surface area contributed by atoms with E-state index in [1.165, 1.54) is 11.8 Å². The van der Waals surface area contributed by atoms with E-state index in [1.54, 1.807) is 31.4 Å². The van der Waals surface area contributed by atoms with Crippen molar-refractivity contribution in [1.82, 2.24) is 10.2 Å². The Labute approximate surface area is 160 Å². The van der Waals surface area contributed by atoms with Crippen LogP contribution in [0.1, 0.15) is 21.8 Å². The minimum absolute atomic E-state index is 0. The largest absolute Gasteiger partial charge is 0.497 e. The number of Topliss-reactive ketones (excluding diaryl/α,β-unsaturated/α-hetero) is 1. The summed E-state index contributed by atoms with van der Waals surface area (Å²) in [7, 11) is 1.59. The van der Waals surface area contributed by atoms with Gasteiger partial charge < -0.3 is 9.15 Å². The molecule has 1 heterocycles. The molecule has 3 rings (SSSR count). The van der Waals surface area contributed by atoms with Gasteiger partial charge in [0.2, 0.25) is 5.89 Å². The van der Waals surface area contributed by atoms with Gasteiger partial charge in [0.1, 0.15) is 5.75 Å². The van der Waals surface area contributed by atoms with Gasteiger partial charge in [-0.1, -0.05) is 42.1 Å². The van der Waals surface area contributed by atoms with Gasteiger partial charge in [-0.05, 0) is 29.8 Å². The predicted molar refractivity (Wildman–Crippen MR) is 102 cm³/mol. The summed E-state index contributed by atoms with van der Waals surface area (Å²) in [5.74, 6) is 1.52. The minimum atomic E-state index is 0. The van der Waals surface area contributed by atoms with E-state index >= 15 is 0 Å². The lowest BCUT2D eigenvalue weighted by Crippen LogP contribution is -2.02. The van der Waals surface area contributed by atoms with E-state index in [2.05, 4.69) is 10.2 Å². The highest BCUT2D eigenvalue weighted by atomic mass is 79.9. The quantitative estimate of drug-likeness (QED) is 0.421. The molecule has 0 bridgehead atoms. The summed E-state index contributed by atoms with van der Waals surface area (Å²) >= 11 is 1.24. The van der Waals surface area contributed by atoms with Gasteiger partial charge in [0.05, 0.1) is 19.3 Å². The highest BCUT2D eigenvalue weighted by molar-refractivity contribution is 8.93. The second-order valence-corrected chi connectivity index (χ2v) is 5.99. The van der Waals surface area contributed by atoms with E-state index < -0.39 is 0 Å². The molecule has 25 heavy (non-hydrogen) atoms. The Hall–Kier alpha value is -2.12. The molecule has 0 aliphatic rings. The van der Waals surface area contributed by atoms with E-state index in [1.807, 2.05) is 30.3 Å². The number of nitrogens with zero attached hydrogens (tertiary/aromatic N) is 2. The zero-order valence-corrected chi connectivity index (χ0v) is 16.1. The number of carbonyl (C=O) groups excluding carboxylic acids is 1. The molecule has 1 aromatic heterocycles. The number of rotatable bonds is 7. The Balaban J connectivity index is 0.00000225. The van der Waals surface area contributed by atoms with Crippen molar-refractivity contribution in [1.29, 1.82) is 0 Å². The number of halogens is 1. The van der Waals surface area contributed by atoms with Crippen molar-refractivity contribution in [3.8, 4) is 5.75 Å². The van der Waals surface area contributed by atoms with Crippen molar-refractivity contribution in [3.63, 3.8) is 0 Å². The molecule has 0 spiro atoms. The molecule has 0 atom stereocenters. The summed E-state index contributed by atoms with van der Waals surface area (Å²) in [5.41, 5.74) is 1.74. The first kappa shape index (κ1) is 19.2. The highest BCUT2D eigenvalue weighted by Crippen LogP contribution is 2.20. The average molecular weight is 421 g/mol. The predicted octanol–water partition coefficient (Wildman–Crippen LogP) is 4.22. The first-order valence-corrected chi connectivity index (χ1v) is 8.39. The van der Waals surface area contributed by atoms with Crippen molar-refractivity contribution in [2.45, 2.75) is 11.6 Å². The monoisotopic (exact) mass is 420 g/mol. The van der Waals surface area contributed by atoms with E-state index in [0.717, 1.165) is 11.3 Å². The Morgan fingerprint density at radius 1 is 1.08 bits per heavy atom. The van der Waals surface area contributed by atoms with Crippen molar-refractivity contribution < 1.29 is 13.9 Å². The van der Waals surface area contributed by atoms with Gasteiger partial charge in [0.15, 0.2) is 5.78 Å². The first-order chi connectivity index (χ1) is 11.7. The number of methoxy groups -OCH3 is 1. The minimum Gasteiger partial charge on any atom is -0.497 e. The fraction of sp³-hybridized carbons (Fsp3) is 0.167. The summed E-state index contributed by atoms with van der Waals surface area (Å²) in [6.45, 7) is 0. The van der Waals surface area contributed by atoms with Crippen LogP contribution in [0, 0.1) is 0 Å². The highest BCUT2D eigenvalue weighted by Gasteiger charge is 2.11. The van der Waals surface area contributed by atoms with Crippen LogP contribution in [0.2, 0.25) is 0 Å². The van der Waals surface area contributed by atoms with Crippen LogP contribution in [0.15, 0.2) is 64.2 Å². The zero-order chi connectivity index (χ0) is 16.8. The van der Waals surface area contributed by atoms with Gasteiger partial charge in [0, 0.05) is 5.56 Å². The SMILES string of the molecule is Br.COc1ccc(C(=O)CSc2nnc(Cc3ccccc3)o2)cc1. The van der Waals surface area contributed by atoms with Gasteiger partial charge in [-0.15, -0.1) is 27.2 Å². The van der Waals surface area contributed by atoms with Crippen LogP contribution in [0.5, 0.6) is 5.75 Å². The van der Waals surface area contributed by atoms with Gasteiger partial charge in [0.25, 0.3) is 5.22 Å². The number of hydrogen-bond donors (Lipinski definition) is 0. The van der Waals surface area contributed by atoms with Gasteiger partial charge in [-0.3, -0.25) is 4.79 Å². The molecule has 3 aromatic rings. The fourth-order valence-corrected chi connectivity index (χ4v) is 2.80. The zero-order valence-electron chi connectivity index (χ0n) is 13.5. The van der Waals surface area contributed by atoms with E-state index in [0.29, 0.717) is 23.1 Å². The molecule has 0 aliphatic heterocycles. The molecule has 130 valence electrons. The van der Waals surface area contributed by atoms with Gasteiger partial charge >= 0.3 is 0 Å². The Bertz CT molecular complexity index is 807. The number of ether oxygens (including phenoxy) is 1. The third-order valence-corrected chi connectivity index (χ3v) is 4.20. The number of aromatic nitrogens is 2. The average Bonchev–Trinajstić information content (AvgIpc) is 3.08. The molecule has 0 radical (unpaired) electrons. The topological polar surface area (TPSA) is 65.2 Å². The van der Waals surface area contributed by atoms with E-state index in [4.69, 9.17) is 9.15 Å². The molecule has 0 aliphatic carbocycles. The molecular weight excluding hydrogens is 404 g/mol. The first-order valence-electron chi connectivity index (χ1n) is 7.41. The summed E-state index contributed by atoms with van der Waals surface area (Å²) in [6, 6.07) is 16.9. The number of carbonyl (C=O) groups is 1.